The second-order valence-corrected chi connectivity index (χ2v) is 2.09. The van der Waals surface area contributed by atoms with Crippen LogP contribution in [0.2, 0.25) is 0 Å². The van der Waals surface area contributed by atoms with Crippen molar-refractivity contribution in [3.05, 3.63) is 24.8 Å². The van der Waals surface area contributed by atoms with E-state index in [0.717, 1.165) is 0 Å². The van der Waals surface area contributed by atoms with Gasteiger partial charge in [0.25, 0.3) is 0 Å². The normalized spacial score (nSPS) is 11.0. The van der Waals surface area contributed by atoms with Crippen molar-refractivity contribution in [2.24, 2.45) is 4.99 Å². The van der Waals surface area contributed by atoms with Crippen molar-refractivity contribution in [3.63, 3.8) is 0 Å². The van der Waals surface area contributed by atoms with Crippen molar-refractivity contribution in [1.82, 2.24) is 0 Å². The van der Waals surface area contributed by atoms with Crippen LogP contribution in [-0.4, -0.2) is 23.2 Å². The molecule has 0 aromatic rings. The molecule has 0 saturated carbocycles. The minimum atomic E-state index is -1.17. The number of aliphatic imine (C=N–C) groups is 1. The van der Waals surface area contributed by atoms with Crippen LogP contribution in [0.4, 0.5) is 0 Å². The lowest BCUT2D eigenvalue weighted by Crippen LogP contribution is -2.14. The number of hydrogen-bond acceptors (Lipinski definition) is 3. The van der Waals surface area contributed by atoms with Gasteiger partial charge in [-0.1, -0.05) is 12.7 Å². The Morgan fingerprint density at radius 2 is 2.33 bits per heavy atom. The summed E-state index contributed by atoms with van der Waals surface area (Å²) in [6.07, 6.45) is 3.04. The SMILES string of the molecule is C=CCC(N=C=O)C(=C)C(=O)O. The van der Waals surface area contributed by atoms with Crippen molar-refractivity contribution in [2.45, 2.75) is 12.5 Å². The Morgan fingerprint density at radius 3 is 2.67 bits per heavy atom. The Kier molecular flexibility index (Phi) is 4.34. The van der Waals surface area contributed by atoms with Gasteiger partial charge in [-0.15, -0.1) is 6.58 Å². The van der Waals surface area contributed by atoms with E-state index in [2.05, 4.69) is 18.2 Å². The number of carboxylic acid groups (broad SMARTS) is 1. The third kappa shape index (κ3) is 2.94. The zero-order valence-electron chi connectivity index (χ0n) is 6.49. The average Bonchev–Trinajstić information content (AvgIpc) is 2.03. The number of carbonyl (C=O) groups excluding carboxylic acids is 1. The number of carbonyl (C=O) groups is 1. The average molecular weight is 167 g/mol. The van der Waals surface area contributed by atoms with E-state index in [4.69, 9.17) is 5.11 Å². The predicted molar refractivity (Wildman–Crippen MR) is 43.5 cm³/mol. The summed E-state index contributed by atoms with van der Waals surface area (Å²) in [6.45, 7) is 6.67. The summed E-state index contributed by atoms with van der Waals surface area (Å²) in [4.78, 5) is 23.5. The number of aliphatic carboxylic acids is 1. The van der Waals surface area contributed by atoms with E-state index < -0.39 is 12.0 Å². The van der Waals surface area contributed by atoms with Gasteiger partial charge in [-0.3, -0.25) is 0 Å². The highest BCUT2D eigenvalue weighted by atomic mass is 16.4. The second kappa shape index (κ2) is 5.04. The van der Waals surface area contributed by atoms with E-state index in [-0.39, 0.29) is 12.0 Å². The van der Waals surface area contributed by atoms with Crippen LogP contribution in [0.3, 0.4) is 0 Å². The van der Waals surface area contributed by atoms with Gasteiger partial charge in [0.05, 0.1) is 11.6 Å². The molecule has 1 unspecified atom stereocenters. The third-order valence-electron chi connectivity index (χ3n) is 1.28. The lowest BCUT2D eigenvalue weighted by atomic mass is 10.1. The van der Waals surface area contributed by atoms with Gasteiger partial charge < -0.3 is 5.11 Å². The number of rotatable bonds is 5. The van der Waals surface area contributed by atoms with E-state index in [1.165, 1.54) is 12.2 Å². The number of nitrogens with zero attached hydrogens (tertiary/aromatic N) is 1. The molecule has 0 fully saturated rings. The summed E-state index contributed by atoms with van der Waals surface area (Å²) in [5.74, 6) is -1.17. The van der Waals surface area contributed by atoms with E-state index in [9.17, 15) is 9.59 Å². The zero-order chi connectivity index (χ0) is 9.56. The van der Waals surface area contributed by atoms with Crippen LogP contribution in [0.5, 0.6) is 0 Å². The van der Waals surface area contributed by atoms with E-state index in [1.807, 2.05) is 0 Å². The highest BCUT2D eigenvalue weighted by Gasteiger charge is 2.15. The molecule has 0 aromatic carbocycles. The fraction of sp³-hybridized carbons (Fsp3) is 0.250. The summed E-state index contributed by atoms with van der Waals surface area (Å²) < 4.78 is 0. The monoisotopic (exact) mass is 167 g/mol. The number of isocyanates is 1. The fourth-order valence-electron chi connectivity index (χ4n) is 0.637. The molecule has 1 atom stereocenters. The van der Waals surface area contributed by atoms with Crippen molar-refractivity contribution < 1.29 is 14.7 Å². The van der Waals surface area contributed by atoms with Crippen LogP contribution >= 0.6 is 0 Å². The van der Waals surface area contributed by atoms with Gasteiger partial charge in [-0.25, -0.2) is 9.59 Å². The predicted octanol–water partition coefficient (Wildman–Crippen LogP) is 0.908. The van der Waals surface area contributed by atoms with E-state index >= 15 is 0 Å². The van der Waals surface area contributed by atoms with E-state index in [0.29, 0.717) is 0 Å². The van der Waals surface area contributed by atoms with Crippen LogP contribution in [0.1, 0.15) is 6.42 Å². The molecule has 0 spiro atoms. The quantitative estimate of drug-likeness (QED) is 0.286. The Bertz CT molecular complexity index is 251. The summed E-state index contributed by atoms with van der Waals surface area (Å²) in [5, 5.41) is 8.48. The van der Waals surface area contributed by atoms with Gasteiger partial charge in [0.1, 0.15) is 0 Å². The summed E-state index contributed by atoms with van der Waals surface area (Å²) >= 11 is 0. The van der Waals surface area contributed by atoms with Gasteiger partial charge >= 0.3 is 5.97 Å². The molecule has 0 saturated heterocycles. The molecule has 12 heavy (non-hydrogen) atoms. The van der Waals surface area contributed by atoms with Gasteiger partial charge in [-0.05, 0) is 6.42 Å². The Morgan fingerprint density at radius 1 is 1.75 bits per heavy atom. The summed E-state index contributed by atoms with van der Waals surface area (Å²) in [6, 6.07) is -0.738. The van der Waals surface area contributed by atoms with Crippen molar-refractivity contribution >= 4 is 12.0 Å². The molecule has 0 rings (SSSR count). The first-order valence-corrected chi connectivity index (χ1v) is 3.23. The first-order valence-electron chi connectivity index (χ1n) is 3.23. The van der Waals surface area contributed by atoms with Gasteiger partial charge in [0.2, 0.25) is 6.08 Å². The minimum Gasteiger partial charge on any atom is -0.478 e. The maximum atomic E-state index is 10.4. The summed E-state index contributed by atoms with van der Waals surface area (Å²) in [7, 11) is 0. The molecule has 4 nitrogen and oxygen atoms in total. The second-order valence-electron chi connectivity index (χ2n) is 2.09. The standard InChI is InChI=1S/C8H9NO3/c1-3-4-7(9-5-10)6(2)8(11)12/h3,7H,1-2,4H2,(H,11,12). The minimum absolute atomic E-state index is 0.127. The van der Waals surface area contributed by atoms with Crippen molar-refractivity contribution in [3.8, 4) is 0 Å². The van der Waals surface area contributed by atoms with Gasteiger partial charge in [0.15, 0.2) is 0 Å². The largest absolute Gasteiger partial charge is 0.478 e. The summed E-state index contributed by atoms with van der Waals surface area (Å²) in [5.41, 5.74) is -0.127. The highest BCUT2D eigenvalue weighted by Crippen LogP contribution is 2.08. The Hall–Kier alpha value is -1.67. The first kappa shape index (κ1) is 10.3. The molecule has 0 aromatic heterocycles. The molecule has 1 N–H and O–H groups in total. The smallest absolute Gasteiger partial charge is 0.333 e. The van der Waals surface area contributed by atoms with Crippen LogP contribution < -0.4 is 0 Å². The van der Waals surface area contributed by atoms with Crippen LogP contribution in [0.15, 0.2) is 29.8 Å². The lowest BCUT2D eigenvalue weighted by Gasteiger charge is -2.05. The molecule has 4 heteroatoms. The van der Waals surface area contributed by atoms with Crippen molar-refractivity contribution in [2.75, 3.05) is 0 Å². The molecular formula is C8H9NO3. The topological polar surface area (TPSA) is 66.7 Å². The molecule has 0 bridgehead atoms. The zero-order valence-corrected chi connectivity index (χ0v) is 6.49. The molecule has 0 amide bonds. The molecule has 0 aliphatic carbocycles. The maximum Gasteiger partial charge on any atom is 0.333 e. The molecule has 0 radical (unpaired) electrons. The lowest BCUT2D eigenvalue weighted by molar-refractivity contribution is -0.132. The molecule has 0 aliphatic rings. The molecule has 0 aliphatic heterocycles. The molecule has 64 valence electrons. The number of carboxylic acids is 1. The van der Waals surface area contributed by atoms with E-state index in [1.54, 1.807) is 0 Å². The van der Waals surface area contributed by atoms with Crippen LogP contribution in [0, 0.1) is 0 Å². The van der Waals surface area contributed by atoms with Crippen LogP contribution in [-0.2, 0) is 9.59 Å². The maximum absolute atomic E-state index is 10.4. The Balaban J connectivity index is 4.49. The number of hydrogen-bond donors (Lipinski definition) is 1. The first-order chi connectivity index (χ1) is 5.63. The van der Waals surface area contributed by atoms with Crippen LogP contribution in [0.25, 0.3) is 0 Å². The highest BCUT2D eigenvalue weighted by molar-refractivity contribution is 5.87. The third-order valence-corrected chi connectivity index (χ3v) is 1.28. The van der Waals surface area contributed by atoms with Gasteiger partial charge in [0, 0.05) is 0 Å². The molecule has 0 heterocycles. The fourth-order valence-corrected chi connectivity index (χ4v) is 0.637. The van der Waals surface area contributed by atoms with Crippen molar-refractivity contribution in [1.29, 1.82) is 0 Å². The van der Waals surface area contributed by atoms with Gasteiger partial charge in [-0.2, -0.15) is 4.99 Å². The Labute approximate surface area is 69.9 Å². The molecular weight excluding hydrogens is 158 g/mol.